The van der Waals surface area contributed by atoms with Gasteiger partial charge in [0, 0.05) is 43.6 Å². The van der Waals surface area contributed by atoms with E-state index >= 15 is 0 Å². The maximum absolute atomic E-state index is 12.8. The molecule has 6 rings (SSSR count). The van der Waals surface area contributed by atoms with Crippen LogP contribution in [0.2, 0.25) is 10.0 Å². The smallest absolute Gasteiger partial charge is 0.288 e. The minimum atomic E-state index is -0.321. The van der Waals surface area contributed by atoms with E-state index in [2.05, 4.69) is 15.6 Å². The Balaban J connectivity index is 1.09. The van der Waals surface area contributed by atoms with E-state index in [1.54, 1.807) is 25.1 Å². The normalized spacial score (nSPS) is 25.2. The van der Waals surface area contributed by atoms with Gasteiger partial charge in [0.05, 0.1) is 16.2 Å². The maximum Gasteiger partial charge on any atom is 0.288 e. The highest BCUT2D eigenvalue weighted by Crippen LogP contribution is 2.52. The lowest BCUT2D eigenvalue weighted by atomic mass is 9.76. The fourth-order valence-electron chi connectivity index (χ4n) is 5.61. The number of hydrogen-bond acceptors (Lipinski definition) is 6. The third-order valence-electron chi connectivity index (χ3n) is 7.50. The summed E-state index contributed by atoms with van der Waals surface area (Å²) in [4.78, 5) is 43.0. The third-order valence-corrected chi connectivity index (χ3v) is 8.24. The van der Waals surface area contributed by atoms with Crippen LogP contribution in [0.3, 0.4) is 0 Å². The summed E-state index contributed by atoms with van der Waals surface area (Å²) < 4.78 is 11.3. The van der Waals surface area contributed by atoms with Crippen molar-refractivity contribution in [3.63, 3.8) is 0 Å². The number of halogens is 2. The van der Waals surface area contributed by atoms with Gasteiger partial charge in [-0.2, -0.15) is 0 Å². The fraction of sp³-hybridized carbons (Fsp3) is 0.520. The highest BCUT2D eigenvalue weighted by atomic mass is 35.5. The van der Waals surface area contributed by atoms with Crippen LogP contribution in [0.25, 0.3) is 0 Å². The zero-order valence-corrected chi connectivity index (χ0v) is 21.4. The summed E-state index contributed by atoms with van der Waals surface area (Å²) in [6.45, 7) is 2.77. The first kappa shape index (κ1) is 24.9. The molecular weight excluding hydrogens is 507 g/mol. The summed E-state index contributed by atoms with van der Waals surface area (Å²) in [5.41, 5.74) is -0.321. The first-order valence-corrected chi connectivity index (χ1v) is 12.9. The number of oxazole rings is 1. The number of carbonyl (C=O) groups is 3. The number of hydrogen-bond donors (Lipinski definition) is 2. The Bertz CT molecular complexity index is 1170. The number of aromatic nitrogens is 1. The molecule has 2 N–H and O–H groups in total. The highest BCUT2D eigenvalue weighted by molar-refractivity contribution is 6.42. The molecular formula is C25H28Cl2N4O5. The number of benzene rings is 1. The predicted octanol–water partition coefficient (Wildman–Crippen LogP) is 3.55. The second kappa shape index (κ2) is 9.94. The molecule has 4 aliphatic rings. The molecule has 9 nitrogen and oxygen atoms in total. The van der Waals surface area contributed by atoms with Crippen LogP contribution in [0.4, 0.5) is 0 Å². The monoisotopic (exact) mass is 534 g/mol. The van der Waals surface area contributed by atoms with Gasteiger partial charge in [0.1, 0.15) is 5.75 Å². The van der Waals surface area contributed by atoms with Gasteiger partial charge in [0.15, 0.2) is 12.5 Å². The number of rotatable bonds is 7. The molecule has 2 bridgehead atoms. The molecule has 11 heteroatoms. The van der Waals surface area contributed by atoms with Gasteiger partial charge in [0.2, 0.25) is 11.7 Å². The minimum Gasteiger partial charge on any atom is -0.484 e. The van der Waals surface area contributed by atoms with Gasteiger partial charge in [-0.25, -0.2) is 4.98 Å². The molecule has 3 saturated carbocycles. The number of likely N-dealkylation sites (tertiary alicyclic amines) is 1. The maximum atomic E-state index is 12.8. The lowest BCUT2D eigenvalue weighted by Gasteiger charge is -2.39. The van der Waals surface area contributed by atoms with Crippen LogP contribution in [0.1, 0.15) is 61.4 Å². The quantitative estimate of drug-likeness (QED) is 0.561. The Morgan fingerprint density at radius 3 is 2.61 bits per heavy atom. The number of amides is 3. The van der Waals surface area contributed by atoms with Crippen LogP contribution in [-0.2, 0) is 9.59 Å². The Labute approximate surface area is 218 Å². The lowest BCUT2D eigenvalue weighted by Crippen LogP contribution is -2.53. The number of fused-ring (bicyclic) bond motifs is 1. The van der Waals surface area contributed by atoms with E-state index in [0.29, 0.717) is 47.1 Å². The molecule has 36 heavy (non-hydrogen) atoms. The average Bonchev–Trinajstić information content (AvgIpc) is 3.53. The molecule has 1 unspecified atom stereocenters. The SMILES string of the molecule is CC(=O)N1CCC(c2ncc(C(=O)NC3CC4(NC(=O)COc5ccc(Cl)c(Cl)c5)CC3C4)o2)CC1. The van der Waals surface area contributed by atoms with Crippen molar-refractivity contribution in [3.05, 3.63) is 46.1 Å². The largest absolute Gasteiger partial charge is 0.484 e. The number of carbonyl (C=O) groups excluding carboxylic acids is 3. The molecule has 1 saturated heterocycles. The Hall–Kier alpha value is -2.78. The van der Waals surface area contributed by atoms with E-state index in [1.807, 2.05) is 4.90 Å². The van der Waals surface area contributed by atoms with Gasteiger partial charge < -0.3 is 24.7 Å². The fourth-order valence-corrected chi connectivity index (χ4v) is 5.90. The topological polar surface area (TPSA) is 114 Å². The molecule has 1 aromatic carbocycles. The Morgan fingerprint density at radius 1 is 1.17 bits per heavy atom. The second-order valence-electron chi connectivity index (χ2n) is 9.99. The van der Waals surface area contributed by atoms with Crippen molar-refractivity contribution in [1.29, 1.82) is 0 Å². The summed E-state index contributed by atoms with van der Waals surface area (Å²) >= 11 is 11.9. The van der Waals surface area contributed by atoms with Crippen molar-refractivity contribution in [2.75, 3.05) is 19.7 Å². The Kier molecular flexibility index (Phi) is 6.87. The minimum absolute atomic E-state index is 0.0406. The zero-order chi connectivity index (χ0) is 25.4. The molecule has 2 heterocycles. The van der Waals surface area contributed by atoms with Crippen LogP contribution in [-0.4, -0.2) is 58.9 Å². The van der Waals surface area contributed by atoms with E-state index in [1.165, 1.54) is 6.20 Å². The number of nitrogens with one attached hydrogen (secondary N) is 2. The van der Waals surface area contributed by atoms with Crippen LogP contribution in [0.5, 0.6) is 5.75 Å². The van der Waals surface area contributed by atoms with Crippen molar-refractivity contribution in [2.24, 2.45) is 5.92 Å². The van der Waals surface area contributed by atoms with Gasteiger partial charge in [0.25, 0.3) is 11.8 Å². The average molecular weight is 535 g/mol. The van der Waals surface area contributed by atoms with Crippen molar-refractivity contribution < 1.29 is 23.5 Å². The number of nitrogens with zero attached hydrogens (tertiary/aromatic N) is 2. The van der Waals surface area contributed by atoms with Crippen LogP contribution >= 0.6 is 23.2 Å². The summed E-state index contributed by atoms with van der Waals surface area (Å²) in [7, 11) is 0. The summed E-state index contributed by atoms with van der Waals surface area (Å²) in [5.74, 6) is 1.18. The standard InChI is InChI=1S/C25H28Cl2N4O5/c1-14(32)31-6-4-15(5-7-31)24-28-12-21(36-24)23(34)29-20-11-25(9-16(20)10-25)30-22(33)13-35-17-2-3-18(26)19(27)8-17/h2-3,8,12,15-16,20H,4-7,9-11,13H2,1H3,(H,29,34)(H,30,33). The number of piperidine rings is 1. The highest BCUT2D eigenvalue weighted by Gasteiger charge is 2.57. The molecule has 192 valence electrons. The Morgan fingerprint density at radius 2 is 1.92 bits per heavy atom. The van der Waals surface area contributed by atoms with Crippen LogP contribution in [0, 0.1) is 5.92 Å². The molecule has 3 aliphatic carbocycles. The van der Waals surface area contributed by atoms with E-state index in [9.17, 15) is 14.4 Å². The van der Waals surface area contributed by atoms with Crippen molar-refractivity contribution in [2.45, 2.75) is 56.5 Å². The molecule has 0 radical (unpaired) electrons. The molecule has 4 fully saturated rings. The van der Waals surface area contributed by atoms with Crippen molar-refractivity contribution in [3.8, 4) is 5.75 Å². The molecule has 1 aromatic heterocycles. The van der Waals surface area contributed by atoms with Crippen LogP contribution in [0.15, 0.2) is 28.8 Å². The van der Waals surface area contributed by atoms with Gasteiger partial charge in [-0.15, -0.1) is 0 Å². The van der Waals surface area contributed by atoms with Gasteiger partial charge in [-0.05, 0) is 50.2 Å². The van der Waals surface area contributed by atoms with E-state index < -0.39 is 0 Å². The van der Waals surface area contributed by atoms with E-state index in [-0.39, 0.29) is 47.6 Å². The predicted molar refractivity (Wildman–Crippen MR) is 132 cm³/mol. The third kappa shape index (κ3) is 5.18. The molecule has 1 atom stereocenters. The summed E-state index contributed by atoms with van der Waals surface area (Å²) in [5, 5.41) is 6.92. The number of ether oxygens (including phenoxy) is 1. The van der Waals surface area contributed by atoms with Gasteiger partial charge >= 0.3 is 0 Å². The van der Waals surface area contributed by atoms with Crippen LogP contribution < -0.4 is 15.4 Å². The lowest BCUT2D eigenvalue weighted by molar-refractivity contribution is -0.130. The summed E-state index contributed by atoms with van der Waals surface area (Å²) in [6.07, 6.45) is 5.29. The van der Waals surface area contributed by atoms with Crippen molar-refractivity contribution in [1.82, 2.24) is 20.5 Å². The molecule has 2 aromatic rings. The molecule has 1 aliphatic heterocycles. The van der Waals surface area contributed by atoms with Crippen molar-refractivity contribution >= 4 is 40.9 Å². The second-order valence-corrected chi connectivity index (χ2v) is 10.8. The molecule has 0 spiro atoms. The van der Waals surface area contributed by atoms with Gasteiger partial charge in [-0.3, -0.25) is 14.4 Å². The van der Waals surface area contributed by atoms with E-state index in [4.69, 9.17) is 32.4 Å². The van der Waals surface area contributed by atoms with E-state index in [0.717, 1.165) is 25.7 Å². The first-order valence-electron chi connectivity index (χ1n) is 12.1. The van der Waals surface area contributed by atoms with Gasteiger partial charge in [-0.1, -0.05) is 23.2 Å². The first-order chi connectivity index (χ1) is 17.2. The molecule has 3 amide bonds. The summed E-state index contributed by atoms with van der Waals surface area (Å²) in [6, 6.07) is 4.80. The zero-order valence-electron chi connectivity index (χ0n) is 19.9.